The second-order valence-corrected chi connectivity index (χ2v) is 12.0. The minimum Gasteiger partial charge on any atom is -0.478 e. The zero-order chi connectivity index (χ0) is 39.4. The predicted molar refractivity (Wildman–Crippen MR) is 193 cm³/mol. The van der Waals surface area contributed by atoms with Crippen molar-refractivity contribution in [2.45, 2.75) is 12.1 Å². The molecule has 0 saturated carbocycles. The molecular weight excluding hydrogens is 721 g/mol. The Labute approximate surface area is 309 Å². The molecule has 4 N–H and O–H groups in total. The van der Waals surface area contributed by atoms with Crippen LogP contribution in [-0.4, -0.2) is 50.5 Å². The second-order valence-electron chi connectivity index (χ2n) is 12.0. The molecule has 0 heterocycles. The van der Waals surface area contributed by atoms with Crippen LogP contribution in [0.2, 0.25) is 0 Å². The minimum absolute atomic E-state index is 0.0227. The van der Waals surface area contributed by atoms with Gasteiger partial charge in [0.25, 0.3) is 0 Å². The fourth-order valence-corrected chi connectivity index (χ4v) is 6.12. The zero-order valence-electron chi connectivity index (χ0n) is 28.2. The van der Waals surface area contributed by atoms with Crippen molar-refractivity contribution < 1.29 is 62.2 Å². The lowest BCUT2D eigenvalue weighted by atomic mass is 9.82. The van der Waals surface area contributed by atoms with E-state index in [0.717, 1.165) is 24.3 Å². The molecule has 0 unspecified atom stereocenters. The van der Waals surface area contributed by atoms with E-state index >= 15 is 13.2 Å². The van der Waals surface area contributed by atoms with Crippen LogP contribution in [0.25, 0.3) is 22.3 Å². The summed E-state index contributed by atoms with van der Waals surface area (Å²) < 4.78 is 57.2. The van der Waals surface area contributed by atoms with E-state index < -0.39 is 58.2 Å². The van der Waals surface area contributed by atoms with E-state index in [1.54, 1.807) is 48.5 Å². The van der Waals surface area contributed by atoms with E-state index in [2.05, 4.69) is 0 Å². The first-order valence-electron chi connectivity index (χ1n) is 16.2. The van der Waals surface area contributed by atoms with Gasteiger partial charge in [-0.1, -0.05) is 72.8 Å². The molecule has 0 radical (unpaired) electrons. The smallest absolute Gasteiger partial charge is 0.399 e. The van der Waals surface area contributed by atoms with Gasteiger partial charge in [0.05, 0.1) is 22.3 Å². The van der Waals surface area contributed by atoms with Crippen LogP contribution in [0.15, 0.2) is 133 Å². The van der Waals surface area contributed by atoms with Crippen LogP contribution in [0.5, 0.6) is 23.0 Å². The van der Waals surface area contributed by atoms with Crippen molar-refractivity contribution in [2.24, 2.45) is 0 Å². The molecule has 0 aliphatic heterocycles. The third kappa shape index (κ3) is 8.15. The number of rotatable bonds is 12. The third-order valence-electron chi connectivity index (χ3n) is 8.58. The highest BCUT2D eigenvalue weighted by molar-refractivity contribution is 6.02. The van der Waals surface area contributed by atoms with E-state index in [-0.39, 0.29) is 34.1 Å². The summed E-state index contributed by atoms with van der Waals surface area (Å²) >= 11 is 0. The Bertz CT molecular complexity index is 2270. The molecule has 6 aromatic rings. The Morgan fingerprint density at radius 3 is 1.09 bits per heavy atom. The van der Waals surface area contributed by atoms with Gasteiger partial charge < -0.3 is 29.9 Å². The van der Waals surface area contributed by atoms with Gasteiger partial charge in [0.15, 0.2) is 0 Å². The highest BCUT2D eigenvalue weighted by atomic mass is 19.4. The molecule has 0 bridgehead atoms. The summed E-state index contributed by atoms with van der Waals surface area (Å²) in [7, 11) is 0. The largest absolute Gasteiger partial charge is 0.478 e. The Kier molecular flexibility index (Phi) is 10.4. The molecule has 0 aromatic heterocycles. The van der Waals surface area contributed by atoms with Crippen molar-refractivity contribution in [1.82, 2.24) is 0 Å². The number of hydrogen-bond donors (Lipinski definition) is 4. The molecule has 0 amide bonds. The predicted octanol–water partition coefficient (Wildman–Crippen LogP) is 10.1. The minimum atomic E-state index is -4.74. The molecule has 13 heteroatoms. The third-order valence-corrected chi connectivity index (χ3v) is 8.58. The number of aromatic carboxylic acids is 4. The van der Waals surface area contributed by atoms with Gasteiger partial charge in [0, 0.05) is 0 Å². The summed E-state index contributed by atoms with van der Waals surface area (Å²) in [6.45, 7) is 0. The number of carbonyl (C=O) groups is 4. The Balaban J connectivity index is 1.30. The Hall–Kier alpha value is -7.41. The highest BCUT2D eigenvalue weighted by Gasteiger charge is 2.44. The first-order valence-corrected chi connectivity index (χ1v) is 16.2. The highest BCUT2D eigenvalue weighted by Crippen LogP contribution is 2.47. The van der Waals surface area contributed by atoms with Gasteiger partial charge in [0.1, 0.15) is 28.9 Å². The summed E-state index contributed by atoms with van der Waals surface area (Å²) in [5, 5.41) is 37.4. The van der Waals surface area contributed by atoms with Gasteiger partial charge in [-0.15, -0.1) is 0 Å². The topological polar surface area (TPSA) is 168 Å². The second kappa shape index (κ2) is 15.3. The summed E-state index contributed by atoms with van der Waals surface area (Å²) in [6, 6.07) is 31.4. The van der Waals surface area contributed by atoms with Crippen molar-refractivity contribution in [3.8, 4) is 45.3 Å². The summed E-state index contributed by atoms with van der Waals surface area (Å²) in [6.07, 6.45) is -4.74. The van der Waals surface area contributed by atoms with Crippen LogP contribution >= 0.6 is 0 Å². The molecule has 55 heavy (non-hydrogen) atoms. The number of benzene rings is 6. The van der Waals surface area contributed by atoms with Gasteiger partial charge in [-0.2, -0.15) is 13.2 Å². The van der Waals surface area contributed by atoms with Crippen molar-refractivity contribution in [3.63, 3.8) is 0 Å². The fourth-order valence-electron chi connectivity index (χ4n) is 6.12. The number of hydrogen-bond acceptors (Lipinski definition) is 6. The van der Waals surface area contributed by atoms with E-state index in [1.165, 1.54) is 60.7 Å². The lowest BCUT2D eigenvalue weighted by Gasteiger charge is -2.26. The van der Waals surface area contributed by atoms with Gasteiger partial charge in [-0.05, 0) is 94.0 Å². The normalized spacial score (nSPS) is 11.2. The molecule has 10 nitrogen and oxygen atoms in total. The summed E-state index contributed by atoms with van der Waals surface area (Å²) in [4.78, 5) is 46.0. The summed E-state index contributed by atoms with van der Waals surface area (Å²) in [5.74, 6) is -7.28. The molecule has 0 fully saturated rings. The van der Waals surface area contributed by atoms with Crippen LogP contribution in [0, 0.1) is 0 Å². The van der Waals surface area contributed by atoms with Gasteiger partial charge >= 0.3 is 30.1 Å². The lowest BCUT2D eigenvalue weighted by Crippen LogP contribution is -2.23. The van der Waals surface area contributed by atoms with E-state index in [9.17, 15) is 39.6 Å². The molecule has 276 valence electrons. The standard InChI is InChI=1S/C42H27F3O10/c43-42(44,45)37(31-7-3-1-5-29(31)23-9-13-25(14-10-23)54-27-17-19-33(38(46)47)35(21-27)40(50)51)32-8-4-2-6-30(32)24-11-15-26(16-12-24)55-28-18-20-34(39(48)49)36(22-28)41(52)53/h1-22,37H,(H,46,47)(H,48,49)(H,50,51)(H,52,53). The van der Waals surface area contributed by atoms with Crippen LogP contribution in [0.3, 0.4) is 0 Å². The molecule has 0 spiro atoms. The van der Waals surface area contributed by atoms with E-state index in [4.69, 9.17) is 9.47 Å². The number of ether oxygens (including phenoxy) is 2. The van der Waals surface area contributed by atoms with Crippen molar-refractivity contribution in [1.29, 1.82) is 0 Å². The molecule has 0 aliphatic rings. The molecule has 0 saturated heterocycles. The maximum absolute atomic E-state index is 15.2. The van der Waals surface area contributed by atoms with Gasteiger partial charge in [0.2, 0.25) is 0 Å². The first kappa shape index (κ1) is 37.4. The number of halogens is 3. The van der Waals surface area contributed by atoms with Crippen LogP contribution in [0.4, 0.5) is 13.2 Å². The van der Waals surface area contributed by atoms with Crippen molar-refractivity contribution in [2.75, 3.05) is 0 Å². The quantitative estimate of drug-likeness (QED) is 0.0945. The number of carboxylic acid groups (broad SMARTS) is 4. The monoisotopic (exact) mass is 748 g/mol. The fraction of sp³-hybridized carbons (Fsp3) is 0.0476. The number of carboxylic acids is 4. The van der Waals surface area contributed by atoms with E-state index in [1.807, 2.05) is 0 Å². The Morgan fingerprint density at radius 2 is 0.764 bits per heavy atom. The number of alkyl halides is 3. The maximum atomic E-state index is 15.2. The Morgan fingerprint density at radius 1 is 0.436 bits per heavy atom. The molecular formula is C42H27F3O10. The van der Waals surface area contributed by atoms with Gasteiger partial charge in [-0.25, -0.2) is 19.2 Å². The van der Waals surface area contributed by atoms with Gasteiger partial charge in [-0.3, -0.25) is 0 Å². The summed E-state index contributed by atoms with van der Waals surface area (Å²) in [5.41, 5.74) is -0.366. The SMILES string of the molecule is O=C(O)c1ccc(Oc2ccc(-c3ccccc3C(c3ccccc3-c3ccc(Oc4ccc(C(=O)O)c(C(=O)O)c4)cc3)C(F)(F)F)cc2)cc1C(=O)O. The molecule has 0 atom stereocenters. The van der Waals surface area contributed by atoms with Crippen molar-refractivity contribution >= 4 is 23.9 Å². The molecule has 0 aliphatic carbocycles. The molecule has 6 rings (SSSR count). The van der Waals surface area contributed by atoms with Crippen LogP contribution in [0.1, 0.15) is 58.5 Å². The first-order chi connectivity index (χ1) is 26.2. The van der Waals surface area contributed by atoms with Crippen LogP contribution in [-0.2, 0) is 0 Å². The van der Waals surface area contributed by atoms with Crippen molar-refractivity contribution in [3.05, 3.63) is 167 Å². The average molecular weight is 749 g/mol. The van der Waals surface area contributed by atoms with E-state index in [0.29, 0.717) is 22.3 Å². The van der Waals surface area contributed by atoms with Crippen LogP contribution < -0.4 is 9.47 Å². The zero-order valence-corrected chi connectivity index (χ0v) is 28.2. The maximum Gasteiger partial charge on any atom is 0.399 e. The molecule has 6 aromatic carbocycles. The lowest BCUT2D eigenvalue weighted by molar-refractivity contribution is -0.140. The average Bonchev–Trinajstić information content (AvgIpc) is 3.15.